The molecule has 0 bridgehead atoms. The molecule has 29 heavy (non-hydrogen) atoms. The predicted molar refractivity (Wildman–Crippen MR) is 107 cm³/mol. The van der Waals surface area contributed by atoms with Crippen molar-refractivity contribution in [2.45, 2.75) is 6.92 Å². The molecular formula is C21H17N5O3. The number of methoxy groups -OCH3 is 1. The van der Waals surface area contributed by atoms with Gasteiger partial charge in [0.25, 0.3) is 5.91 Å². The molecule has 3 heterocycles. The lowest BCUT2D eigenvalue weighted by atomic mass is 10.1. The van der Waals surface area contributed by atoms with E-state index in [4.69, 9.17) is 0 Å². The largest absolute Gasteiger partial charge is 0.464 e. The Bertz CT molecular complexity index is 1200. The number of hydrogen-bond donors (Lipinski definition) is 1. The second-order valence-corrected chi connectivity index (χ2v) is 6.33. The van der Waals surface area contributed by atoms with Gasteiger partial charge in [-0.3, -0.25) is 4.79 Å². The van der Waals surface area contributed by atoms with Gasteiger partial charge < -0.3 is 10.1 Å². The summed E-state index contributed by atoms with van der Waals surface area (Å²) in [6.07, 6.45) is 1.32. The van der Waals surface area contributed by atoms with E-state index in [9.17, 15) is 9.59 Å². The van der Waals surface area contributed by atoms with Crippen molar-refractivity contribution in [3.05, 3.63) is 77.7 Å². The van der Waals surface area contributed by atoms with E-state index in [1.807, 2.05) is 43.3 Å². The first-order valence-corrected chi connectivity index (χ1v) is 8.84. The maximum Gasteiger partial charge on any atom is 0.356 e. The fourth-order valence-corrected chi connectivity index (χ4v) is 2.91. The fourth-order valence-electron chi connectivity index (χ4n) is 2.91. The number of pyridine rings is 1. The maximum atomic E-state index is 12.6. The Kier molecular flexibility index (Phi) is 4.74. The number of esters is 1. The monoisotopic (exact) mass is 387 g/mol. The van der Waals surface area contributed by atoms with Crippen molar-refractivity contribution in [1.29, 1.82) is 0 Å². The molecule has 0 spiro atoms. The molecular weight excluding hydrogens is 370 g/mol. The van der Waals surface area contributed by atoms with Crippen LogP contribution in [-0.2, 0) is 4.74 Å². The number of aryl methyl sites for hydroxylation is 1. The van der Waals surface area contributed by atoms with Crippen molar-refractivity contribution in [3.8, 4) is 11.3 Å². The lowest BCUT2D eigenvalue weighted by Crippen LogP contribution is -2.15. The van der Waals surface area contributed by atoms with Gasteiger partial charge in [0.15, 0.2) is 5.65 Å². The molecule has 8 heteroatoms. The molecule has 1 N–H and O–H groups in total. The van der Waals surface area contributed by atoms with E-state index in [2.05, 4.69) is 25.1 Å². The summed E-state index contributed by atoms with van der Waals surface area (Å²) in [4.78, 5) is 32.5. The van der Waals surface area contributed by atoms with Gasteiger partial charge in [-0.25, -0.2) is 19.3 Å². The van der Waals surface area contributed by atoms with Crippen LogP contribution in [0.3, 0.4) is 0 Å². The Morgan fingerprint density at radius 1 is 1.07 bits per heavy atom. The van der Waals surface area contributed by atoms with Crippen LogP contribution in [0.5, 0.6) is 0 Å². The average molecular weight is 387 g/mol. The number of aromatic nitrogens is 4. The first-order valence-electron chi connectivity index (χ1n) is 8.84. The fraction of sp³-hybridized carbons (Fsp3) is 0.0952. The molecule has 0 atom stereocenters. The zero-order valence-electron chi connectivity index (χ0n) is 15.8. The summed E-state index contributed by atoms with van der Waals surface area (Å²) in [7, 11) is 1.27. The molecule has 0 saturated carbocycles. The Labute approximate surface area is 166 Å². The van der Waals surface area contributed by atoms with E-state index < -0.39 is 5.97 Å². The Morgan fingerprint density at radius 3 is 2.55 bits per heavy atom. The molecule has 0 saturated heterocycles. The summed E-state index contributed by atoms with van der Waals surface area (Å²) in [5.41, 5.74) is 3.62. The number of nitrogens with one attached hydrogen (secondary N) is 1. The van der Waals surface area contributed by atoms with Gasteiger partial charge in [0, 0.05) is 23.9 Å². The molecule has 144 valence electrons. The first kappa shape index (κ1) is 18.3. The van der Waals surface area contributed by atoms with Crippen molar-refractivity contribution >= 4 is 23.3 Å². The molecule has 0 fully saturated rings. The third kappa shape index (κ3) is 3.68. The van der Waals surface area contributed by atoms with Gasteiger partial charge in [0.1, 0.15) is 11.5 Å². The van der Waals surface area contributed by atoms with Crippen LogP contribution in [0.15, 0.2) is 60.8 Å². The van der Waals surface area contributed by atoms with Crippen molar-refractivity contribution < 1.29 is 14.3 Å². The third-order valence-electron chi connectivity index (χ3n) is 4.28. The molecule has 0 aliphatic rings. The van der Waals surface area contributed by atoms with E-state index in [1.165, 1.54) is 25.4 Å². The van der Waals surface area contributed by atoms with Crippen LogP contribution >= 0.6 is 0 Å². The highest BCUT2D eigenvalue weighted by Crippen LogP contribution is 2.23. The number of ether oxygens (including phenoxy) is 1. The molecule has 3 aromatic heterocycles. The molecule has 0 unspecified atom stereocenters. The third-order valence-corrected chi connectivity index (χ3v) is 4.28. The number of anilines is 1. The first-order chi connectivity index (χ1) is 14.0. The number of rotatable bonds is 4. The Hall–Kier alpha value is -4.07. The van der Waals surface area contributed by atoms with Crippen molar-refractivity contribution in [3.63, 3.8) is 0 Å². The molecule has 0 aliphatic heterocycles. The standard InChI is InChI=1S/C21H17N5O3/c1-13-10-19-23-18(11-17(26(19)25-13)14-6-4-3-5-7-14)24-20(27)15-8-9-16(22-12-15)21(28)29-2/h3-12H,1-2H3,(H,23,24,27). The summed E-state index contributed by atoms with van der Waals surface area (Å²) in [5, 5.41) is 7.27. The molecule has 1 amide bonds. The number of fused-ring (bicyclic) bond motifs is 1. The van der Waals surface area contributed by atoms with Crippen LogP contribution in [-0.4, -0.2) is 38.6 Å². The van der Waals surface area contributed by atoms with Crippen LogP contribution in [0, 0.1) is 6.92 Å². The molecule has 0 aliphatic carbocycles. The predicted octanol–water partition coefficient (Wildman–Crippen LogP) is 3.14. The summed E-state index contributed by atoms with van der Waals surface area (Å²) in [6, 6.07) is 16.3. The summed E-state index contributed by atoms with van der Waals surface area (Å²) in [6.45, 7) is 1.89. The quantitative estimate of drug-likeness (QED) is 0.540. The number of nitrogens with zero attached hydrogens (tertiary/aromatic N) is 4. The zero-order valence-corrected chi connectivity index (χ0v) is 15.8. The lowest BCUT2D eigenvalue weighted by molar-refractivity contribution is 0.0593. The number of amides is 1. The summed E-state index contributed by atoms with van der Waals surface area (Å²) < 4.78 is 6.35. The molecule has 0 radical (unpaired) electrons. The van der Waals surface area contributed by atoms with Gasteiger partial charge in [-0.1, -0.05) is 30.3 Å². The maximum absolute atomic E-state index is 12.6. The van der Waals surface area contributed by atoms with Gasteiger partial charge in [-0.2, -0.15) is 5.10 Å². The highest BCUT2D eigenvalue weighted by molar-refractivity contribution is 6.04. The normalized spacial score (nSPS) is 10.7. The van der Waals surface area contributed by atoms with E-state index in [-0.39, 0.29) is 11.6 Å². The lowest BCUT2D eigenvalue weighted by Gasteiger charge is -2.09. The van der Waals surface area contributed by atoms with Crippen LogP contribution in [0.4, 0.5) is 5.82 Å². The van der Waals surface area contributed by atoms with Gasteiger partial charge in [0.2, 0.25) is 0 Å². The minimum Gasteiger partial charge on any atom is -0.464 e. The minimum absolute atomic E-state index is 0.129. The highest BCUT2D eigenvalue weighted by atomic mass is 16.5. The molecule has 4 aromatic rings. The van der Waals surface area contributed by atoms with E-state index in [0.717, 1.165) is 17.0 Å². The second-order valence-electron chi connectivity index (χ2n) is 6.33. The van der Waals surface area contributed by atoms with Crippen molar-refractivity contribution in [2.24, 2.45) is 0 Å². The molecule has 4 rings (SSSR count). The van der Waals surface area contributed by atoms with Gasteiger partial charge in [-0.05, 0) is 19.1 Å². The summed E-state index contributed by atoms with van der Waals surface area (Å²) in [5.74, 6) is -0.563. The van der Waals surface area contributed by atoms with E-state index >= 15 is 0 Å². The molecule has 1 aromatic carbocycles. The number of carbonyl (C=O) groups excluding carboxylic acids is 2. The van der Waals surface area contributed by atoms with E-state index in [0.29, 0.717) is 17.0 Å². The van der Waals surface area contributed by atoms with Crippen molar-refractivity contribution in [1.82, 2.24) is 19.6 Å². The number of carbonyl (C=O) groups is 2. The van der Waals surface area contributed by atoms with Crippen LogP contribution in [0.1, 0.15) is 26.5 Å². The number of hydrogen-bond acceptors (Lipinski definition) is 6. The van der Waals surface area contributed by atoms with E-state index in [1.54, 1.807) is 10.6 Å². The smallest absolute Gasteiger partial charge is 0.356 e. The minimum atomic E-state index is -0.562. The topological polar surface area (TPSA) is 98.5 Å². The molecule has 8 nitrogen and oxygen atoms in total. The Morgan fingerprint density at radius 2 is 1.86 bits per heavy atom. The van der Waals surface area contributed by atoms with Crippen molar-refractivity contribution in [2.75, 3.05) is 12.4 Å². The average Bonchev–Trinajstić information content (AvgIpc) is 3.13. The summed E-state index contributed by atoms with van der Waals surface area (Å²) >= 11 is 0. The van der Waals surface area contributed by atoms with Crippen LogP contribution in [0.2, 0.25) is 0 Å². The van der Waals surface area contributed by atoms with Gasteiger partial charge in [-0.15, -0.1) is 0 Å². The SMILES string of the molecule is COC(=O)c1ccc(C(=O)Nc2cc(-c3ccccc3)n3nc(C)cc3n2)cn1. The van der Waals surface area contributed by atoms with Crippen LogP contribution < -0.4 is 5.32 Å². The van der Waals surface area contributed by atoms with Gasteiger partial charge >= 0.3 is 5.97 Å². The zero-order chi connectivity index (χ0) is 20.4. The number of benzene rings is 1. The van der Waals surface area contributed by atoms with Crippen LogP contribution in [0.25, 0.3) is 16.9 Å². The highest BCUT2D eigenvalue weighted by Gasteiger charge is 2.14. The second kappa shape index (κ2) is 7.51. The van der Waals surface area contributed by atoms with Gasteiger partial charge in [0.05, 0.1) is 24.1 Å². The Balaban J connectivity index is 1.67.